The fraction of sp³-hybridized carbons (Fsp3) is 0.393. The van der Waals surface area contributed by atoms with Gasteiger partial charge in [0, 0.05) is 29.4 Å². The zero-order chi connectivity index (χ0) is 27.8. The maximum atomic E-state index is 13.6. The van der Waals surface area contributed by atoms with Gasteiger partial charge in [0.05, 0.1) is 18.2 Å². The number of nitrogens with one attached hydrogen (secondary N) is 2. The molecule has 2 heterocycles. The molecule has 10 nitrogen and oxygen atoms in total. The van der Waals surface area contributed by atoms with Crippen molar-refractivity contribution in [1.29, 1.82) is 0 Å². The van der Waals surface area contributed by atoms with E-state index in [1.807, 2.05) is 6.07 Å². The molecule has 0 fully saturated rings. The zero-order valence-corrected chi connectivity index (χ0v) is 22.9. The SMILES string of the molecule is CC(C)C[C@H]1COc2ccc(Cl)cc2C(=O)NCCCCN(C(=O)c2cccc(-n3cnnc3)c2)CC(=O)N1. The molecule has 0 radical (unpaired) electrons. The molecule has 1 aliphatic rings. The van der Waals surface area contributed by atoms with Crippen LogP contribution < -0.4 is 15.4 Å². The van der Waals surface area contributed by atoms with E-state index in [-0.39, 0.29) is 42.8 Å². The van der Waals surface area contributed by atoms with Crippen LogP contribution in [0, 0.1) is 5.92 Å². The first-order valence-electron chi connectivity index (χ1n) is 13.0. The Bertz CT molecular complexity index is 1300. The largest absolute Gasteiger partial charge is 0.491 e. The number of carbonyl (C=O) groups is 3. The second-order valence-corrected chi connectivity index (χ2v) is 10.4. The van der Waals surface area contributed by atoms with E-state index in [1.54, 1.807) is 58.5 Å². The lowest BCUT2D eigenvalue weighted by molar-refractivity contribution is -0.122. The highest BCUT2D eigenvalue weighted by Gasteiger charge is 2.23. The Hall–Kier alpha value is -3.92. The third kappa shape index (κ3) is 7.79. The smallest absolute Gasteiger partial charge is 0.255 e. The molecule has 3 amide bonds. The molecule has 0 aliphatic carbocycles. The highest BCUT2D eigenvalue weighted by molar-refractivity contribution is 6.31. The van der Waals surface area contributed by atoms with Gasteiger partial charge < -0.3 is 20.3 Å². The second-order valence-electron chi connectivity index (χ2n) is 9.95. The van der Waals surface area contributed by atoms with Crippen LogP contribution in [0.3, 0.4) is 0 Å². The summed E-state index contributed by atoms with van der Waals surface area (Å²) in [4.78, 5) is 41.2. The molecule has 11 heteroatoms. The van der Waals surface area contributed by atoms with Crippen molar-refractivity contribution >= 4 is 29.3 Å². The van der Waals surface area contributed by atoms with E-state index >= 15 is 0 Å². The summed E-state index contributed by atoms with van der Waals surface area (Å²) in [6.07, 6.45) is 4.98. The Labute approximate surface area is 232 Å². The van der Waals surface area contributed by atoms with Gasteiger partial charge in [-0.3, -0.25) is 19.0 Å². The molecule has 1 aromatic heterocycles. The van der Waals surface area contributed by atoms with Crippen molar-refractivity contribution in [3.63, 3.8) is 0 Å². The zero-order valence-electron chi connectivity index (χ0n) is 22.1. The molecule has 0 saturated heterocycles. The van der Waals surface area contributed by atoms with Gasteiger partial charge in [-0.05, 0) is 61.6 Å². The molecular formula is C28H33ClN6O4. The molecule has 3 aromatic rings. The summed E-state index contributed by atoms with van der Waals surface area (Å²) in [5.74, 6) is -0.127. The van der Waals surface area contributed by atoms with Crippen LogP contribution in [-0.4, -0.2) is 69.7 Å². The minimum absolute atomic E-state index is 0.0944. The summed E-state index contributed by atoms with van der Waals surface area (Å²) in [6.45, 7) is 4.94. The van der Waals surface area contributed by atoms with Crippen molar-refractivity contribution in [3.8, 4) is 11.4 Å². The summed E-state index contributed by atoms with van der Waals surface area (Å²) in [5.41, 5.74) is 1.54. The monoisotopic (exact) mass is 552 g/mol. The Kier molecular flexibility index (Phi) is 9.54. The Morgan fingerprint density at radius 1 is 1.13 bits per heavy atom. The fourth-order valence-corrected chi connectivity index (χ4v) is 4.65. The Morgan fingerprint density at radius 2 is 1.92 bits per heavy atom. The Morgan fingerprint density at radius 3 is 2.69 bits per heavy atom. The van der Waals surface area contributed by atoms with E-state index < -0.39 is 0 Å². The summed E-state index contributed by atoms with van der Waals surface area (Å²) in [5, 5.41) is 14.0. The Balaban J connectivity index is 1.55. The molecule has 0 bridgehead atoms. The van der Waals surface area contributed by atoms with Gasteiger partial charge in [-0.2, -0.15) is 0 Å². The molecular weight excluding hydrogens is 520 g/mol. The van der Waals surface area contributed by atoms with E-state index in [9.17, 15) is 14.4 Å². The van der Waals surface area contributed by atoms with Crippen LogP contribution in [0.25, 0.3) is 5.69 Å². The quantitative estimate of drug-likeness (QED) is 0.511. The predicted molar refractivity (Wildman–Crippen MR) is 147 cm³/mol. The van der Waals surface area contributed by atoms with Crippen molar-refractivity contribution in [3.05, 3.63) is 71.3 Å². The van der Waals surface area contributed by atoms with Gasteiger partial charge in [0.25, 0.3) is 11.8 Å². The molecule has 39 heavy (non-hydrogen) atoms. The third-order valence-corrected chi connectivity index (χ3v) is 6.55. The van der Waals surface area contributed by atoms with Crippen LogP contribution in [0.15, 0.2) is 55.1 Å². The maximum Gasteiger partial charge on any atom is 0.255 e. The lowest BCUT2D eigenvalue weighted by atomic mass is 10.0. The number of amides is 3. The lowest BCUT2D eigenvalue weighted by Gasteiger charge is -2.25. The number of benzene rings is 2. The van der Waals surface area contributed by atoms with Crippen LogP contribution in [0.2, 0.25) is 5.02 Å². The molecule has 0 spiro atoms. The number of nitrogens with zero attached hydrogens (tertiary/aromatic N) is 4. The molecule has 2 N–H and O–H groups in total. The topological polar surface area (TPSA) is 118 Å². The number of rotatable bonds is 4. The molecule has 1 aliphatic heterocycles. The van der Waals surface area contributed by atoms with E-state index in [2.05, 4.69) is 34.7 Å². The van der Waals surface area contributed by atoms with E-state index in [0.29, 0.717) is 54.3 Å². The number of hydrogen-bond acceptors (Lipinski definition) is 6. The molecule has 4 rings (SSSR count). The normalized spacial score (nSPS) is 17.3. The van der Waals surface area contributed by atoms with Crippen LogP contribution in [-0.2, 0) is 4.79 Å². The van der Waals surface area contributed by atoms with Gasteiger partial charge in [0.2, 0.25) is 5.91 Å². The number of ether oxygens (including phenoxy) is 1. The number of aromatic nitrogens is 3. The van der Waals surface area contributed by atoms with Gasteiger partial charge in [0.1, 0.15) is 25.0 Å². The minimum atomic E-state index is -0.316. The predicted octanol–water partition coefficient (Wildman–Crippen LogP) is 3.50. The van der Waals surface area contributed by atoms with E-state index in [0.717, 1.165) is 5.69 Å². The van der Waals surface area contributed by atoms with E-state index in [1.165, 1.54) is 0 Å². The van der Waals surface area contributed by atoms with Crippen LogP contribution in [0.4, 0.5) is 0 Å². The van der Waals surface area contributed by atoms with Crippen LogP contribution in [0.5, 0.6) is 5.75 Å². The molecule has 2 aromatic carbocycles. The van der Waals surface area contributed by atoms with Crippen molar-refractivity contribution in [2.45, 2.75) is 39.2 Å². The summed E-state index contributed by atoms with van der Waals surface area (Å²) in [6, 6.07) is 11.7. The van der Waals surface area contributed by atoms with Gasteiger partial charge in [0.15, 0.2) is 0 Å². The summed E-state index contributed by atoms with van der Waals surface area (Å²) in [7, 11) is 0. The van der Waals surface area contributed by atoms with Gasteiger partial charge in [-0.15, -0.1) is 10.2 Å². The molecule has 0 unspecified atom stereocenters. The van der Waals surface area contributed by atoms with Gasteiger partial charge in [-0.1, -0.05) is 31.5 Å². The standard InChI is InChI=1S/C28H33ClN6O4/c1-19(2)12-22-16-39-25-9-8-21(29)14-24(25)27(37)30-10-3-4-11-34(15-26(36)33-22)28(38)20-6-5-7-23(13-20)35-17-31-32-18-35/h5-9,13-14,17-19,22H,3-4,10-12,15-16H2,1-2H3,(H,30,37)(H,33,36)/t22-/m0/s1. The number of halogens is 1. The summed E-state index contributed by atoms with van der Waals surface area (Å²) >= 11 is 6.15. The fourth-order valence-electron chi connectivity index (χ4n) is 4.47. The van der Waals surface area contributed by atoms with Crippen LogP contribution in [0.1, 0.15) is 53.8 Å². The first-order valence-corrected chi connectivity index (χ1v) is 13.4. The highest BCUT2D eigenvalue weighted by atomic mass is 35.5. The second kappa shape index (κ2) is 13.2. The third-order valence-electron chi connectivity index (χ3n) is 6.32. The minimum Gasteiger partial charge on any atom is -0.491 e. The molecule has 1 atom stereocenters. The first kappa shape index (κ1) is 28.1. The van der Waals surface area contributed by atoms with Crippen molar-refractivity contribution in [2.24, 2.45) is 5.92 Å². The van der Waals surface area contributed by atoms with Crippen LogP contribution >= 0.6 is 11.6 Å². The average molecular weight is 553 g/mol. The lowest BCUT2D eigenvalue weighted by Crippen LogP contribution is -2.46. The van der Waals surface area contributed by atoms with Gasteiger partial charge in [-0.25, -0.2) is 0 Å². The maximum absolute atomic E-state index is 13.6. The molecule has 0 saturated carbocycles. The number of carbonyl (C=O) groups excluding carboxylic acids is 3. The average Bonchev–Trinajstić information content (AvgIpc) is 3.45. The molecule has 206 valence electrons. The highest BCUT2D eigenvalue weighted by Crippen LogP contribution is 2.24. The van der Waals surface area contributed by atoms with Crippen molar-refractivity contribution < 1.29 is 19.1 Å². The van der Waals surface area contributed by atoms with Crippen molar-refractivity contribution in [1.82, 2.24) is 30.3 Å². The first-order chi connectivity index (χ1) is 18.8. The number of fused-ring (bicyclic) bond motifs is 1. The van der Waals surface area contributed by atoms with E-state index in [4.69, 9.17) is 16.3 Å². The summed E-state index contributed by atoms with van der Waals surface area (Å²) < 4.78 is 7.72. The number of hydrogen-bond donors (Lipinski definition) is 2. The van der Waals surface area contributed by atoms with Crippen molar-refractivity contribution in [2.75, 3.05) is 26.2 Å². The van der Waals surface area contributed by atoms with Gasteiger partial charge >= 0.3 is 0 Å².